The SMILES string of the molecule is CC(C)Oc1cccc(C(O)CNC(=O)CNC(=O)c2cc(F)cc(F)c2)c1. The monoisotopic (exact) mass is 392 g/mol. The third-order valence-corrected chi connectivity index (χ3v) is 3.64. The number of aliphatic hydroxyl groups is 1. The number of amides is 2. The summed E-state index contributed by atoms with van der Waals surface area (Å²) in [5.41, 5.74) is 0.338. The van der Waals surface area contributed by atoms with E-state index >= 15 is 0 Å². The van der Waals surface area contributed by atoms with Crippen molar-refractivity contribution in [3.8, 4) is 5.75 Å². The summed E-state index contributed by atoms with van der Waals surface area (Å²) in [6, 6.07) is 9.25. The Kier molecular flexibility index (Phi) is 7.45. The van der Waals surface area contributed by atoms with Gasteiger partial charge in [0.15, 0.2) is 0 Å². The number of rotatable bonds is 8. The van der Waals surface area contributed by atoms with Crippen LogP contribution in [0.2, 0.25) is 0 Å². The predicted molar refractivity (Wildman–Crippen MR) is 98.9 cm³/mol. The highest BCUT2D eigenvalue weighted by Gasteiger charge is 2.13. The van der Waals surface area contributed by atoms with Crippen LogP contribution in [-0.2, 0) is 4.79 Å². The van der Waals surface area contributed by atoms with Gasteiger partial charge < -0.3 is 20.5 Å². The van der Waals surface area contributed by atoms with E-state index in [2.05, 4.69) is 10.6 Å². The number of ether oxygens (including phenoxy) is 1. The average Bonchev–Trinajstić information content (AvgIpc) is 2.63. The quantitative estimate of drug-likeness (QED) is 0.644. The Morgan fingerprint density at radius 3 is 2.39 bits per heavy atom. The van der Waals surface area contributed by atoms with Gasteiger partial charge in [-0.25, -0.2) is 8.78 Å². The molecule has 0 saturated heterocycles. The standard InChI is InChI=1S/C20H22F2N2O4/c1-12(2)28-17-5-3-4-13(8-17)18(25)10-23-19(26)11-24-20(27)14-6-15(21)9-16(22)7-14/h3-9,12,18,25H,10-11H2,1-2H3,(H,23,26)(H,24,27). The molecule has 0 aliphatic carbocycles. The second-order valence-electron chi connectivity index (χ2n) is 6.40. The van der Waals surface area contributed by atoms with Crippen LogP contribution in [0.3, 0.4) is 0 Å². The van der Waals surface area contributed by atoms with Crippen LogP contribution >= 0.6 is 0 Å². The minimum atomic E-state index is -0.965. The fraction of sp³-hybridized carbons (Fsp3) is 0.300. The molecule has 2 rings (SSSR count). The van der Waals surface area contributed by atoms with E-state index in [4.69, 9.17) is 4.74 Å². The van der Waals surface area contributed by atoms with Gasteiger partial charge in [-0.05, 0) is 43.7 Å². The van der Waals surface area contributed by atoms with E-state index in [0.29, 0.717) is 17.4 Å². The number of benzene rings is 2. The Morgan fingerprint density at radius 1 is 1.07 bits per heavy atom. The molecule has 0 aromatic heterocycles. The van der Waals surface area contributed by atoms with Gasteiger partial charge in [-0.15, -0.1) is 0 Å². The summed E-state index contributed by atoms with van der Waals surface area (Å²) >= 11 is 0. The van der Waals surface area contributed by atoms with Crippen LogP contribution < -0.4 is 15.4 Å². The molecular weight excluding hydrogens is 370 g/mol. The highest BCUT2D eigenvalue weighted by molar-refractivity contribution is 5.96. The smallest absolute Gasteiger partial charge is 0.251 e. The van der Waals surface area contributed by atoms with Gasteiger partial charge in [-0.1, -0.05) is 12.1 Å². The molecule has 0 fully saturated rings. The molecule has 6 nitrogen and oxygen atoms in total. The second kappa shape index (κ2) is 9.80. The van der Waals surface area contributed by atoms with E-state index in [1.807, 2.05) is 13.8 Å². The summed E-state index contributed by atoms with van der Waals surface area (Å²) in [7, 11) is 0. The largest absolute Gasteiger partial charge is 0.491 e. The van der Waals surface area contributed by atoms with Crippen molar-refractivity contribution in [3.05, 3.63) is 65.2 Å². The highest BCUT2D eigenvalue weighted by atomic mass is 19.1. The summed E-state index contributed by atoms with van der Waals surface area (Å²) in [6.07, 6.45) is -0.977. The van der Waals surface area contributed by atoms with Crippen molar-refractivity contribution in [2.24, 2.45) is 0 Å². The van der Waals surface area contributed by atoms with Gasteiger partial charge >= 0.3 is 0 Å². The number of nitrogens with one attached hydrogen (secondary N) is 2. The summed E-state index contributed by atoms with van der Waals surface area (Å²) in [6.45, 7) is 3.29. The maximum atomic E-state index is 13.1. The second-order valence-corrected chi connectivity index (χ2v) is 6.40. The lowest BCUT2D eigenvalue weighted by molar-refractivity contribution is -0.120. The Morgan fingerprint density at radius 2 is 1.75 bits per heavy atom. The molecular formula is C20H22F2N2O4. The first-order chi connectivity index (χ1) is 13.2. The summed E-state index contributed by atoms with van der Waals surface area (Å²) in [5, 5.41) is 14.9. The number of hydrogen-bond donors (Lipinski definition) is 3. The zero-order valence-electron chi connectivity index (χ0n) is 15.5. The van der Waals surface area contributed by atoms with Crippen LogP contribution in [0.15, 0.2) is 42.5 Å². The first kappa shape index (κ1) is 21.3. The van der Waals surface area contributed by atoms with Crippen molar-refractivity contribution in [1.82, 2.24) is 10.6 Å². The lowest BCUT2D eigenvalue weighted by Gasteiger charge is -2.15. The zero-order valence-corrected chi connectivity index (χ0v) is 15.5. The Hall–Kier alpha value is -3.00. The molecule has 1 atom stereocenters. The Balaban J connectivity index is 1.82. The molecule has 0 aliphatic heterocycles. The van der Waals surface area contributed by atoms with E-state index in [-0.39, 0.29) is 18.2 Å². The topological polar surface area (TPSA) is 87.7 Å². The molecule has 8 heteroatoms. The van der Waals surface area contributed by atoms with Crippen molar-refractivity contribution in [2.45, 2.75) is 26.1 Å². The Labute approximate surface area is 161 Å². The molecule has 0 radical (unpaired) electrons. The minimum absolute atomic E-state index is 0.0118. The third-order valence-electron chi connectivity index (χ3n) is 3.64. The van der Waals surface area contributed by atoms with Crippen molar-refractivity contribution >= 4 is 11.8 Å². The maximum absolute atomic E-state index is 13.1. The molecule has 2 aromatic rings. The van der Waals surface area contributed by atoms with Crippen molar-refractivity contribution < 1.29 is 28.2 Å². The van der Waals surface area contributed by atoms with E-state index in [9.17, 15) is 23.5 Å². The van der Waals surface area contributed by atoms with Gasteiger partial charge in [-0.3, -0.25) is 9.59 Å². The first-order valence-corrected chi connectivity index (χ1v) is 8.70. The summed E-state index contributed by atoms with van der Waals surface area (Å²) < 4.78 is 31.8. The molecule has 3 N–H and O–H groups in total. The van der Waals surface area contributed by atoms with Crippen molar-refractivity contribution in [1.29, 1.82) is 0 Å². The molecule has 0 saturated carbocycles. The third kappa shape index (κ3) is 6.62. The number of carbonyl (C=O) groups excluding carboxylic acids is 2. The van der Waals surface area contributed by atoms with Gasteiger partial charge in [-0.2, -0.15) is 0 Å². The van der Waals surface area contributed by atoms with Crippen LogP contribution in [0, 0.1) is 11.6 Å². The van der Waals surface area contributed by atoms with Crippen LogP contribution in [0.1, 0.15) is 35.9 Å². The lowest BCUT2D eigenvalue weighted by atomic mass is 10.1. The molecule has 0 spiro atoms. The Bertz CT molecular complexity index is 822. The number of hydrogen-bond acceptors (Lipinski definition) is 4. The average molecular weight is 392 g/mol. The summed E-state index contributed by atoms with van der Waals surface area (Å²) in [4.78, 5) is 23.7. The molecule has 0 bridgehead atoms. The van der Waals surface area contributed by atoms with E-state index < -0.39 is 36.1 Å². The maximum Gasteiger partial charge on any atom is 0.251 e. The molecule has 2 amide bonds. The van der Waals surface area contributed by atoms with E-state index in [0.717, 1.165) is 12.1 Å². The van der Waals surface area contributed by atoms with Crippen LogP contribution in [0.25, 0.3) is 0 Å². The van der Waals surface area contributed by atoms with Gasteiger partial charge in [0, 0.05) is 18.2 Å². The van der Waals surface area contributed by atoms with Gasteiger partial charge in [0.2, 0.25) is 5.91 Å². The number of halogens is 2. The number of aliphatic hydroxyl groups excluding tert-OH is 1. The van der Waals surface area contributed by atoms with Gasteiger partial charge in [0.05, 0.1) is 18.8 Å². The summed E-state index contributed by atoms with van der Waals surface area (Å²) in [5.74, 6) is -2.51. The van der Waals surface area contributed by atoms with Gasteiger partial charge in [0.25, 0.3) is 5.91 Å². The lowest BCUT2D eigenvalue weighted by Crippen LogP contribution is -2.38. The van der Waals surface area contributed by atoms with Crippen molar-refractivity contribution in [2.75, 3.05) is 13.1 Å². The van der Waals surface area contributed by atoms with Crippen LogP contribution in [0.4, 0.5) is 8.78 Å². The fourth-order valence-corrected chi connectivity index (χ4v) is 2.41. The predicted octanol–water partition coefficient (Wildman–Crippen LogP) is 2.33. The van der Waals surface area contributed by atoms with Gasteiger partial charge in [0.1, 0.15) is 17.4 Å². The molecule has 2 aromatic carbocycles. The minimum Gasteiger partial charge on any atom is -0.491 e. The molecule has 1 unspecified atom stereocenters. The van der Waals surface area contributed by atoms with Crippen LogP contribution in [-0.4, -0.2) is 36.1 Å². The molecule has 28 heavy (non-hydrogen) atoms. The molecule has 0 heterocycles. The normalized spacial score (nSPS) is 11.8. The van der Waals surface area contributed by atoms with Crippen molar-refractivity contribution in [3.63, 3.8) is 0 Å². The molecule has 150 valence electrons. The molecule has 0 aliphatic rings. The van der Waals surface area contributed by atoms with E-state index in [1.54, 1.807) is 24.3 Å². The number of carbonyl (C=O) groups is 2. The van der Waals surface area contributed by atoms with E-state index in [1.165, 1.54) is 0 Å². The highest BCUT2D eigenvalue weighted by Crippen LogP contribution is 2.19. The van der Waals surface area contributed by atoms with Crippen LogP contribution in [0.5, 0.6) is 5.75 Å². The first-order valence-electron chi connectivity index (χ1n) is 8.70. The zero-order chi connectivity index (χ0) is 20.7. The fourth-order valence-electron chi connectivity index (χ4n) is 2.41.